The van der Waals surface area contributed by atoms with Crippen molar-refractivity contribution in [1.82, 2.24) is 10.3 Å². The van der Waals surface area contributed by atoms with Crippen LogP contribution in [0.5, 0.6) is 0 Å². The van der Waals surface area contributed by atoms with E-state index in [0.717, 1.165) is 0 Å². The van der Waals surface area contributed by atoms with Crippen molar-refractivity contribution in [2.45, 2.75) is 13.5 Å². The highest BCUT2D eigenvalue weighted by Gasteiger charge is 2.12. The zero-order valence-electron chi connectivity index (χ0n) is 9.71. The van der Waals surface area contributed by atoms with E-state index in [0.29, 0.717) is 28.3 Å². The summed E-state index contributed by atoms with van der Waals surface area (Å²) < 4.78 is 9.54. The first kappa shape index (κ1) is 11.9. The number of benzene rings is 1. The summed E-state index contributed by atoms with van der Waals surface area (Å²) in [6, 6.07) is 4.54. The molecule has 0 amide bonds. The van der Waals surface area contributed by atoms with Crippen LogP contribution in [-0.2, 0) is 11.3 Å². The van der Waals surface area contributed by atoms with Crippen molar-refractivity contribution in [1.29, 1.82) is 0 Å². The Balaban J connectivity index is 2.06. The first-order valence-electron chi connectivity index (χ1n) is 5.17. The molecule has 0 atom stereocenters. The molecule has 18 heavy (non-hydrogen) atoms. The third kappa shape index (κ3) is 2.57. The van der Waals surface area contributed by atoms with Gasteiger partial charge in [-0.2, -0.15) is 0 Å². The predicted octanol–water partition coefficient (Wildman–Crippen LogP) is 0.899. The number of aromatic nitrogens is 2. The van der Waals surface area contributed by atoms with Crippen molar-refractivity contribution in [3.8, 4) is 0 Å². The summed E-state index contributed by atoms with van der Waals surface area (Å²) in [4.78, 5) is 11.7. The van der Waals surface area contributed by atoms with Crippen molar-refractivity contribution in [3.63, 3.8) is 0 Å². The van der Waals surface area contributed by atoms with Crippen molar-refractivity contribution < 1.29 is 14.2 Å². The minimum Gasteiger partial charge on any atom is -0.455 e. The molecule has 0 aliphatic carbocycles. The molecule has 0 spiro atoms. The lowest BCUT2D eigenvalue weighted by Gasteiger charge is -2.05. The van der Waals surface area contributed by atoms with Gasteiger partial charge in [-0.05, 0) is 25.1 Å². The summed E-state index contributed by atoms with van der Waals surface area (Å²) >= 11 is 0. The summed E-state index contributed by atoms with van der Waals surface area (Å²) in [6.45, 7) is 1.70. The monoisotopic (exact) mass is 248 g/mol. The Hall–Kier alpha value is -2.57. The molecule has 1 aromatic carbocycles. The van der Waals surface area contributed by atoms with Crippen LogP contribution in [0.2, 0.25) is 0 Å². The Morgan fingerprint density at radius 3 is 2.50 bits per heavy atom. The molecular weight excluding hydrogens is 236 g/mol. The zero-order valence-corrected chi connectivity index (χ0v) is 9.71. The quantitative estimate of drug-likeness (QED) is 0.612. The van der Waals surface area contributed by atoms with Crippen LogP contribution >= 0.6 is 0 Å². The third-order valence-corrected chi connectivity index (χ3v) is 2.30. The van der Waals surface area contributed by atoms with E-state index in [9.17, 15) is 4.79 Å². The third-order valence-electron chi connectivity index (χ3n) is 2.30. The number of esters is 1. The molecule has 1 heterocycles. The van der Waals surface area contributed by atoms with Gasteiger partial charge in [0.1, 0.15) is 18.0 Å². The van der Waals surface area contributed by atoms with Gasteiger partial charge in [0.2, 0.25) is 0 Å². The minimum atomic E-state index is -0.531. The van der Waals surface area contributed by atoms with E-state index >= 15 is 0 Å². The number of aryl methyl sites for hydroxylation is 1. The topological polar surface area (TPSA) is 117 Å². The number of carbonyl (C=O) groups is 1. The highest BCUT2D eigenvalue weighted by Crippen LogP contribution is 2.15. The smallest absolute Gasteiger partial charge is 0.338 e. The van der Waals surface area contributed by atoms with Gasteiger partial charge in [-0.15, -0.1) is 0 Å². The van der Waals surface area contributed by atoms with E-state index in [4.69, 9.17) is 16.2 Å². The van der Waals surface area contributed by atoms with E-state index in [1.165, 1.54) is 12.1 Å². The Bertz CT molecular complexity index is 559. The molecule has 0 radical (unpaired) electrons. The van der Waals surface area contributed by atoms with Gasteiger partial charge in [0.25, 0.3) is 0 Å². The predicted molar refractivity (Wildman–Crippen MR) is 63.4 cm³/mol. The molecule has 0 saturated carbocycles. The van der Waals surface area contributed by atoms with E-state index in [2.05, 4.69) is 14.9 Å². The largest absolute Gasteiger partial charge is 0.455 e. The number of hydrogen-bond acceptors (Lipinski definition) is 7. The van der Waals surface area contributed by atoms with Crippen LogP contribution in [0, 0.1) is 6.92 Å². The maximum absolute atomic E-state index is 11.7. The molecule has 1 aromatic heterocycles. The molecule has 2 rings (SSSR count). The van der Waals surface area contributed by atoms with Crippen LogP contribution in [0.4, 0.5) is 11.4 Å². The highest BCUT2D eigenvalue weighted by atomic mass is 16.6. The number of anilines is 2. The first-order chi connectivity index (χ1) is 8.56. The second-order valence-electron chi connectivity index (χ2n) is 3.76. The number of rotatable bonds is 3. The van der Waals surface area contributed by atoms with Crippen molar-refractivity contribution in [2.24, 2.45) is 0 Å². The first-order valence-corrected chi connectivity index (χ1v) is 5.17. The van der Waals surface area contributed by atoms with E-state index < -0.39 is 5.97 Å². The fourth-order valence-corrected chi connectivity index (χ4v) is 1.39. The Morgan fingerprint density at radius 2 is 1.94 bits per heavy atom. The van der Waals surface area contributed by atoms with Gasteiger partial charge in [0.15, 0.2) is 0 Å². The molecule has 2 aromatic rings. The van der Waals surface area contributed by atoms with Crippen LogP contribution in [0.1, 0.15) is 21.7 Å². The summed E-state index contributed by atoms with van der Waals surface area (Å²) in [5.74, 6) is -0.531. The number of hydrogen-bond donors (Lipinski definition) is 2. The van der Waals surface area contributed by atoms with Gasteiger partial charge in [-0.25, -0.2) is 9.42 Å². The fraction of sp³-hybridized carbons (Fsp3) is 0.182. The Kier molecular flexibility index (Phi) is 3.13. The molecule has 0 unspecified atom stereocenters. The molecule has 4 N–H and O–H groups in total. The van der Waals surface area contributed by atoms with Gasteiger partial charge in [-0.3, -0.25) is 0 Å². The van der Waals surface area contributed by atoms with E-state index in [-0.39, 0.29) is 6.61 Å². The fourth-order valence-electron chi connectivity index (χ4n) is 1.39. The number of nitrogens with zero attached hydrogens (tertiary/aromatic N) is 2. The second-order valence-corrected chi connectivity index (χ2v) is 3.76. The zero-order chi connectivity index (χ0) is 13.1. The summed E-state index contributed by atoms with van der Waals surface area (Å²) in [6.07, 6.45) is 0. The lowest BCUT2D eigenvalue weighted by Crippen LogP contribution is -2.07. The normalized spacial score (nSPS) is 10.3. The van der Waals surface area contributed by atoms with Gasteiger partial charge in [0, 0.05) is 11.4 Å². The van der Waals surface area contributed by atoms with Gasteiger partial charge < -0.3 is 16.2 Å². The number of carbonyl (C=O) groups excluding carboxylic acids is 1. The van der Waals surface area contributed by atoms with Crippen LogP contribution in [-0.4, -0.2) is 16.3 Å². The van der Waals surface area contributed by atoms with Crippen molar-refractivity contribution in [3.05, 3.63) is 35.2 Å². The van der Waals surface area contributed by atoms with Crippen LogP contribution in [0.3, 0.4) is 0 Å². The van der Waals surface area contributed by atoms with Gasteiger partial charge in [0.05, 0.1) is 5.56 Å². The highest BCUT2D eigenvalue weighted by molar-refractivity contribution is 5.91. The van der Waals surface area contributed by atoms with Crippen molar-refractivity contribution >= 4 is 17.3 Å². The molecular formula is C11H12N4O3. The molecule has 0 bridgehead atoms. The van der Waals surface area contributed by atoms with Crippen molar-refractivity contribution in [2.75, 3.05) is 11.5 Å². The van der Waals surface area contributed by atoms with Gasteiger partial charge >= 0.3 is 5.97 Å². The maximum Gasteiger partial charge on any atom is 0.338 e. The molecule has 0 aliphatic heterocycles. The molecule has 7 nitrogen and oxygen atoms in total. The van der Waals surface area contributed by atoms with Crippen LogP contribution < -0.4 is 11.5 Å². The van der Waals surface area contributed by atoms with Gasteiger partial charge in [-0.1, -0.05) is 10.3 Å². The molecule has 0 fully saturated rings. The molecule has 94 valence electrons. The summed E-state index contributed by atoms with van der Waals surface area (Å²) in [5.41, 5.74) is 13.3. The summed E-state index contributed by atoms with van der Waals surface area (Å²) in [7, 11) is 0. The summed E-state index contributed by atoms with van der Waals surface area (Å²) in [5, 5.41) is 7.18. The maximum atomic E-state index is 11.7. The Morgan fingerprint density at radius 1 is 1.28 bits per heavy atom. The number of nitrogens with two attached hydrogens (primary N) is 2. The number of ether oxygens (including phenoxy) is 1. The SMILES string of the molecule is Cc1nonc1COC(=O)c1cc(N)cc(N)c1. The Labute approximate surface area is 103 Å². The molecule has 0 saturated heterocycles. The molecule has 0 aliphatic rings. The molecule has 7 heteroatoms. The average Bonchev–Trinajstić information content (AvgIpc) is 2.70. The second kappa shape index (κ2) is 4.74. The lowest BCUT2D eigenvalue weighted by molar-refractivity contribution is 0.0463. The van der Waals surface area contributed by atoms with E-state index in [1.807, 2.05) is 0 Å². The van der Waals surface area contributed by atoms with Crippen LogP contribution in [0.15, 0.2) is 22.8 Å². The number of nitrogen functional groups attached to an aromatic ring is 2. The standard InChI is InChI=1S/C11H12N4O3/c1-6-10(15-18-14-6)5-17-11(16)7-2-8(12)4-9(13)3-7/h2-4H,5,12-13H2,1H3. The van der Waals surface area contributed by atoms with Crippen LogP contribution in [0.25, 0.3) is 0 Å². The lowest BCUT2D eigenvalue weighted by atomic mass is 10.2. The minimum absolute atomic E-state index is 0.0110. The van der Waals surface area contributed by atoms with E-state index in [1.54, 1.807) is 13.0 Å². The average molecular weight is 248 g/mol.